The maximum Gasteiger partial charge on any atom is 0.0702 e. The number of hydrogen-bond donors (Lipinski definition) is 0. The van der Waals surface area contributed by atoms with Gasteiger partial charge in [0.1, 0.15) is 0 Å². The van der Waals surface area contributed by atoms with Gasteiger partial charge in [-0.25, -0.2) is 0 Å². The molecule has 0 aromatic heterocycles. The number of rotatable bonds is 4. The zero-order chi connectivity index (χ0) is 23.9. The lowest BCUT2D eigenvalue weighted by molar-refractivity contribution is 0.737. The maximum absolute atomic E-state index is 2.39. The van der Waals surface area contributed by atoms with E-state index < -0.39 is 5.41 Å². The molecule has 0 radical (unpaired) electrons. The summed E-state index contributed by atoms with van der Waals surface area (Å²) in [5.41, 5.74) is 15.3. The first kappa shape index (κ1) is 23.1. The van der Waals surface area contributed by atoms with Crippen LogP contribution < -0.4 is 0 Å². The Hall–Kier alpha value is -3.12. The predicted molar refractivity (Wildman–Crippen MR) is 143 cm³/mol. The highest BCUT2D eigenvalue weighted by molar-refractivity contribution is 5.63. The van der Waals surface area contributed by atoms with Gasteiger partial charge in [0, 0.05) is 0 Å². The molecule has 168 valence electrons. The van der Waals surface area contributed by atoms with Crippen LogP contribution in [0.4, 0.5) is 0 Å². The van der Waals surface area contributed by atoms with Crippen molar-refractivity contribution in [3.63, 3.8) is 0 Å². The quantitative estimate of drug-likeness (QED) is 0.283. The van der Waals surface area contributed by atoms with E-state index in [4.69, 9.17) is 0 Å². The molecule has 0 saturated carbocycles. The predicted octanol–water partition coefficient (Wildman–Crippen LogP) is 8.54. The fourth-order valence-corrected chi connectivity index (χ4v) is 5.76. The highest BCUT2D eigenvalue weighted by Gasteiger charge is 2.39. The molecular weight excluding hydrogens is 396 g/mol. The van der Waals surface area contributed by atoms with E-state index in [9.17, 15) is 0 Å². The van der Waals surface area contributed by atoms with Gasteiger partial charge in [-0.2, -0.15) is 0 Å². The third kappa shape index (κ3) is 4.40. The molecule has 0 unspecified atom stereocenters. The second-order valence-electron chi connectivity index (χ2n) is 10.3. The standard InChI is InChI=1S/C33H36/c1-21-9-22(2)14-29(13-21)33(30-15-23(3)10-24(4)16-30,31-17-25(5)11-26(6)18-31)32-19-27(7)12-28(8)20-32/h9-20H,1-8H3. The molecule has 0 spiro atoms. The molecule has 0 aliphatic carbocycles. The molecule has 0 N–H and O–H groups in total. The second kappa shape index (κ2) is 8.67. The van der Waals surface area contributed by atoms with Crippen LogP contribution in [0, 0.1) is 55.4 Å². The van der Waals surface area contributed by atoms with Crippen LogP contribution in [-0.4, -0.2) is 0 Å². The molecule has 0 bridgehead atoms. The minimum absolute atomic E-state index is 0.402. The Morgan fingerprint density at radius 1 is 0.273 bits per heavy atom. The third-order valence-corrected chi connectivity index (χ3v) is 6.62. The third-order valence-electron chi connectivity index (χ3n) is 6.62. The summed E-state index contributed by atoms with van der Waals surface area (Å²) >= 11 is 0. The Morgan fingerprint density at radius 2 is 0.424 bits per heavy atom. The molecule has 4 aromatic carbocycles. The van der Waals surface area contributed by atoms with Crippen molar-refractivity contribution in [3.05, 3.63) is 140 Å². The van der Waals surface area contributed by atoms with Crippen LogP contribution in [0.15, 0.2) is 72.8 Å². The van der Waals surface area contributed by atoms with Crippen LogP contribution in [0.25, 0.3) is 0 Å². The summed E-state index contributed by atoms with van der Waals surface area (Å²) in [7, 11) is 0. The summed E-state index contributed by atoms with van der Waals surface area (Å²) in [6, 6.07) is 28.2. The van der Waals surface area contributed by atoms with Gasteiger partial charge in [0.15, 0.2) is 0 Å². The van der Waals surface area contributed by atoms with Crippen molar-refractivity contribution in [2.45, 2.75) is 60.8 Å². The van der Waals surface area contributed by atoms with E-state index in [2.05, 4.69) is 128 Å². The number of hydrogen-bond acceptors (Lipinski definition) is 0. The largest absolute Gasteiger partial charge is 0.0702 e. The lowest BCUT2D eigenvalue weighted by Crippen LogP contribution is -2.32. The van der Waals surface area contributed by atoms with Crippen molar-refractivity contribution in [1.29, 1.82) is 0 Å². The monoisotopic (exact) mass is 432 g/mol. The number of aryl methyl sites for hydroxylation is 8. The minimum atomic E-state index is -0.402. The molecule has 33 heavy (non-hydrogen) atoms. The first-order valence-electron chi connectivity index (χ1n) is 11.9. The van der Waals surface area contributed by atoms with E-state index >= 15 is 0 Å². The van der Waals surface area contributed by atoms with Gasteiger partial charge in [-0.1, -0.05) is 117 Å². The normalized spacial score (nSPS) is 11.6. The lowest BCUT2D eigenvalue weighted by Gasteiger charge is -2.38. The first-order valence-corrected chi connectivity index (χ1v) is 11.9. The fraction of sp³-hybridized carbons (Fsp3) is 0.273. The second-order valence-corrected chi connectivity index (χ2v) is 10.3. The Labute approximate surface area is 200 Å². The molecule has 0 amide bonds. The molecule has 0 nitrogen and oxygen atoms in total. The lowest BCUT2D eigenvalue weighted by atomic mass is 9.63. The van der Waals surface area contributed by atoms with Crippen LogP contribution in [0.5, 0.6) is 0 Å². The minimum Gasteiger partial charge on any atom is -0.0564 e. The fourth-order valence-electron chi connectivity index (χ4n) is 5.76. The average molecular weight is 433 g/mol. The van der Waals surface area contributed by atoms with Crippen molar-refractivity contribution < 1.29 is 0 Å². The summed E-state index contributed by atoms with van der Waals surface area (Å²) in [5, 5.41) is 0. The molecule has 0 heteroatoms. The average Bonchev–Trinajstić information content (AvgIpc) is 2.65. The van der Waals surface area contributed by atoms with Crippen molar-refractivity contribution in [1.82, 2.24) is 0 Å². The smallest absolute Gasteiger partial charge is 0.0564 e. The van der Waals surface area contributed by atoms with Crippen LogP contribution in [-0.2, 0) is 5.41 Å². The van der Waals surface area contributed by atoms with Crippen molar-refractivity contribution >= 4 is 0 Å². The SMILES string of the molecule is Cc1cc(C)cc(C(c2cc(C)cc(C)c2)(c2cc(C)cc(C)c2)c2cc(C)cc(C)c2)c1. The molecule has 0 saturated heterocycles. The number of benzene rings is 4. The van der Waals surface area contributed by atoms with Gasteiger partial charge in [-0.05, 0) is 77.6 Å². The van der Waals surface area contributed by atoms with Crippen LogP contribution in [0.1, 0.15) is 66.8 Å². The molecule has 0 aliphatic heterocycles. The van der Waals surface area contributed by atoms with E-state index in [-0.39, 0.29) is 0 Å². The van der Waals surface area contributed by atoms with Crippen molar-refractivity contribution in [2.24, 2.45) is 0 Å². The zero-order valence-corrected chi connectivity index (χ0v) is 21.4. The van der Waals surface area contributed by atoms with E-state index in [0.717, 1.165) is 0 Å². The topological polar surface area (TPSA) is 0 Å². The molecule has 4 aromatic rings. The molecular formula is C33H36. The van der Waals surface area contributed by atoms with Gasteiger partial charge >= 0.3 is 0 Å². The first-order chi connectivity index (χ1) is 15.6. The summed E-state index contributed by atoms with van der Waals surface area (Å²) in [4.78, 5) is 0. The van der Waals surface area contributed by atoms with Gasteiger partial charge < -0.3 is 0 Å². The van der Waals surface area contributed by atoms with Gasteiger partial charge in [0.05, 0.1) is 5.41 Å². The summed E-state index contributed by atoms with van der Waals surface area (Å²) in [6.45, 7) is 17.7. The summed E-state index contributed by atoms with van der Waals surface area (Å²) < 4.78 is 0. The van der Waals surface area contributed by atoms with Crippen LogP contribution in [0.2, 0.25) is 0 Å². The molecule has 0 aliphatic rings. The molecule has 0 fully saturated rings. The maximum atomic E-state index is 2.39. The zero-order valence-electron chi connectivity index (χ0n) is 21.4. The van der Waals surface area contributed by atoms with E-state index in [0.29, 0.717) is 0 Å². The van der Waals surface area contributed by atoms with Gasteiger partial charge in [-0.3, -0.25) is 0 Å². The van der Waals surface area contributed by atoms with Gasteiger partial charge in [-0.15, -0.1) is 0 Å². The summed E-state index contributed by atoms with van der Waals surface area (Å²) in [5.74, 6) is 0. The van der Waals surface area contributed by atoms with Crippen molar-refractivity contribution in [2.75, 3.05) is 0 Å². The highest BCUT2D eigenvalue weighted by Crippen LogP contribution is 2.47. The molecule has 0 heterocycles. The summed E-state index contributed by atoms with van der Waals surface area (Å²) in [6.07, 6.45) is 0. The highest BCUT2D eigenvalue weighted by atomic mass is 14.4. The van der Waals surface area contributed by atoms with Crippen molar-refractivity contribution in [3.8, 4) is 0 Å². The molecule has 4 rings (SSSR count). The Bertz CT molecular complexity index is 1040. The van der Waals surface area contributed by atoms with Gasteiger partial charge in [0.2, 0.25) is 0 Å². The van der Waals surface area contributed by atoms with Crippen LogP contribution >= 0.6 is 0 Å². The Balaban J connectivity index is 2.28. The van der Waals surface area contributed by atoms with Crippen LogP contribution in [0.3, 0.4) is 0 Å². The Kier molecular flexibility index (Phi) is 6.06. The van der Waals surface area contributed by atoms with E-state index in [1.165, 1.54) is 66.8 Å². The van der Waals surface area contributed by atoms with E-state index in [1.54, 1.807) is 0 Å². The van der Waals surface area contributed by atoms with E-state index in [1.807, 2.05) is 0 Å². The Morgan fingerprint density at radius 3 is 0.576 bits per heavy atom. The molecule has 0 atom stereocenters. The van der Waals surface area contributed by atoms with Gasteiger partial charge in [0.25, 0.3) is 0 Å².